The molecule has 0 radical (unpaired) electrons. The molecule has 0 unspecified atom stereocenters. The number of hydrogen-bond acceptors (Lipinski definition) is 5. The van der Waals surface area contributed by atoms with E-state index < -0.39 is 5.97 Å². The zero-order chi connectivity index (χ0) is 10.8. The lowest BCUT2D eigenvalue weighted by Gasteiger charge is -2.14. The number of carboxylic acid groups (broad SMARTS) is 1. The molecule has 2 rings (SSSR count). The normalized spacial score (nSPS) is 25.7. The van der Waals surface area contributed by atoms with Crippen LogP contribution in [0, 0.1) is 0 Å². The Morgan fingerprint density at radius 3 is 3.13 bits per heavy atom. The Hall–Kier alpha value is -1.47. The number of hydrogen-bond donors (Lipinski definition) is 1. The minimum absolute atomic E-state index is 0.0725. The highest BCUT2D eigenvalue weighted by atomic mass is 16.5. The van der Waals surface area contributed by atoms with Crippen molar-refractivity contribution in [1.29, 1.82) is 0 Å². The summed E-state index contributed by atoms with van der Waals surface area (Å²) >= 11 is 0. The van der Waals surface area contributed by atoms with Gasteiger partial charge in [-0.3, -0.25) is 0 Å². The average Bonchev–Trinajstić information content (AvgIpc) is 2.85. The molecular formula is C8H11N3O4. The summed E-state index contributed by atoms with van der Waals surface area (Å²) in [5.74, 6) is -1.09. The Labute approximate surface area is 85.6 Å². The van der Waals surface area contributed by atoms with Crippen LogP contribution in [0.25, 0.3) is 0 Å². The molecule has 0 amide bonds. The van der Waals surface area contributed by atoms with Crippen LogP contribution in [0.2, 0.25) is 0 Å². The Balaban J connectivity index is 2.18. The van der Waals surface area contributed by atoms with Crippen molar-refractivity contribution in [2.45, 2.75) is 12.1 Å². The molecule has 1 aromatic rings. The topological polar surface area (TPSA) is 86.5 Å². The fraction of sp³-hybridized carbons (Fsp3) is 0.625. The van der Waals surface area contributed by atoms with E-state index in [2.05, 4.69) is 10.3 Å². The molecule has 7 heteroatoms. The predicted octanol–water partition coefficient (Wildman–Crippen LogP) is -0.437. The zero-order valence-electron chi connectivity index (χ0n) is 8.16. The maximum Gasteiger partial charge on any atom is 0.358 e. The number of rotatable bonds is 3. The monoisotopic (exact) mass is 213 g/mol. The van der Waals surface area contributed by atoms with Crippen LogP contribution in [-0.4, -0.2) is 52.5 Å². The van der Waals surface area contributed by atoms with Gasteiger partial charge in [0, 0.05) is 7.11 Å². The van der Waals surface area contributed by atoms with Crippen LogP contribution in [-0.2, 0) is 9.47 Å². The summed E-state index contributed by atoms with van der Waals surface area (Å²) in [6.45, 7) is 0.949. The van der Waals surface area contributed by atoms with Gasteiger partial charge >= 0.3 is 5.97 Å². The molecule has 1 aliphatic heterocycles. The van der Waals surface area contributed by atoms with Crippen molar-refractivity contribution in [2.24, 2.45) is 0 Å². The Kier molecular flexibility index (Phi) is 2.65. The molecule has 15 heavy (non-hydrogen) atoms. The first-order valence-electron chi connectivity index (χ1n) is 4.48. The molecule has 0 aliphatic carbocycles. The molecule has 1 aromatic heterocycles. The second-order valence-corrected chi connectivity index (χ2v) is 3.27. The van der Waals surface area contributed by atoms with Gasteiger partial charge in [-0.05, 0) is 0 Å². The van der Waals surface area contributed by atoms with E-state index in [-0.39, 0.29) is 17.8 Å². The summed E-state index contributed by atoms with van der Waals surface area (Å²) < 4.78 is 11.9. The Bertz CT molecular complexity index is 365. The van der Waals surface area contributed by atoms with E-state index in [0.717, 1.165) is 0 Å². The zero-order valence-corrected chi connectivity index (χ0v) is 8.16. The fourth-order valence-electron chi connectivity index (χ4n) is 1.53. The van der Waals surface area contributed by atoms with E-state index in [1.165, 1.54) is 10.9 Å². The second kappa shape index (κ2) is 3.95. The van der Waals surface area contributed by atoms with E-state index >= 15 is 0 Å². The van der Waals surface area contributed by atoms with E-state index in [0.29, 0.717) is 13.2 Å². The molecule has 0 aromatic carbocycles. The third-order valence-corrected chi connectivity index (χ3v) is 2.37. The quantitative estimate of drug-likeness (QED) is 0.732. The van der Waals surface area contributed by atoms with Crippen molar-refractivity contribution in [3.63, 3.8) is 0 Å². The van der Waals surface area contributed by atoms with E-state index in [1.54, 1.807) is 7.11 Å². The van der Waals surface area contributed by atoms with Gasteiger partial charge in [-0.25, -0.2) is 9.48 Å². The molecule has 0 spiro atoms. The molecule has 1 fully saturated rings. The molecule has 0 bridgehead atoms. The summed E-state index contributed by atoms with van der Waals surface area (Å²) in [5, 5.41) is 16.0. The first-order chi connectivity index (χ1) is 7.22. The van der Waals surface area contributed by atoms with Gasteiger partial charge in [-0.1, -0.05) is 5.21 Å². The molecule has 82 valence electrons. The van der Waals surface area contributed by atoms with Gasteiger partial charge in [-0.15, -0.1) is 5.10 Å². The molecule has 1 N–H and O–H groups in total. The number of aromatic carboxylic acids is 1. The molecule has 2 heterocycles. The number of methoxy groups -OCH3 is 1. The number of aromatic nitrogens is 3. The van der Waals surface area contributed by atoms with Crippen LogP contribution in [0.1, 0.15) is 16.5 Å². The number of carbonyl (C=O) groups is 1. The summed E-state index contributed by atoms with van der Waals surface area (Å²) in [5.41, 5.74) is -0.0725. The lowest BCUT2D eigenvalue weighted by atomic mass is 10.2. The Morgan fingerprint density at radius 2 is 2.53 bits per heavy atom. The lowest BCUT2D eigenvalue weighted by molar-refractivity contribution is 0.0659. The van der Waals surface area contributed by atoms with Crippen molar-refractivity contribution in [1.82, 2.24) is 15.0 Å². The van der Waals surface area contributed by atoms with Crippen LogP contribution in [0.15, 0.2) is 6.20 Å². The van der Waals surface area contributed by atoms with Crippen LogP contribution >= 0.6 is 0 Å². The van der Waals surface area contributed by atoms with Gasteiger partial charge in [0.05, 0.1) is 19.4 Å². The summed E-state index contributed by atoms with van der Waals surface area (Å²) in [7, 11) is 1.58. The van der Waals surface area contributed by atoms with E-state index in [4.69, 9.17) is 14.6 Å². The Morgan fingerprint density at radius 1 is 1.73 bits per heavy atom. The summed E-state index contributed by atoms with van der Waals surface area (Å²) in [6.07, 6.45) is 1.28. The third kappa shape index (κ3) is 1.83. The third-order valence-electron chi connectivity index (χ3n) is 2.37. The van der Waals surface area contributed by atoms with Gasteiger partial charge in [0.1, 0.15) is 12.1 Å². The standard InChI is InChI=1S/C8H11N3O4/c1-14-7-4-15-3-6(7)11-2-5(8(12)13)9-10-11/h2,6-7H,3-4H2,1H3,(H,12,13)/t6-,7+/m0/s1. The molecule has 1 aliphatic rings. The number of carboxylic acids is 1. The van der Waals surface area contributed by atoms with Crippen molar-refractivity contribution in [2.75, 3.05) is 20.3 Å². The van der Waals surface area contributed by atoms with Crippen molar-refractivity contribution >= 4 is 5.97 Å². The van der Waals surface area contributed by atoms with Crippen molar-refractivity contribution in [3.8, 4) is 0 Å². The van der Waals surface area contributed by atoms with Crippen molar-refractivity contribution in [3.05, 3.63) is 11.9 Å². The SMILES string of the molecule is CO[C@@H]1COC[C@@H]1n1cc(C(=O)O)nn1. The van der Waals surface area contributed by atoms with Gasteiger partial charge in [-0.2, -0.15) is 0 Å². The predicted molar refractivity (Wildman–Crippen MR) is 47.6 cm³/mol. The number of ether oxygens (including phenoxy) is 2. The molecule has 2 atom stereocenters. The van der Waals surface area contributed by atoms with E-state index in [1.807, 2.05) is 0 Å². The minimum atomic E-state index is -1.09. The maximum absolute atomic E-state index is 10.6. The van der Waals surface area contributed by atoms with E-state index in [9.17, 15) is 4.79 Å². The van der Waals surface area contributed by atoms with Gasteiger partial charge in [0.15, 0.2) is 5.69 Å². The fourth-order valence-corrected chi connectivity index (χ4v) is 1.53. The molecule has 1 saturated heterocycles. The minimum Gasteiger partial charge on any atom is -0.476 e. The maximum atomic E-state index is 10.6. The molecule has 7 nitrogen and oxygen atoms in total. The lowest BCUT2D eigenvalue weighted by Crippen LogP contribution is -2.24. The molecular weight excluding hydrogens is 202 g/mol. The summed E-state index contributed by atoms with van der Waals surface area (Å²) in [4.78, 5) is 10.6. The highest BCUT2D eigenvalue weighted by Gasteiger charge is 2.31. The first-order valence-corrected chi connectivity index (χ1v) is 4.48. The van der Waals surface area contributed by atoms with Crippen LogP contribution in [0.3, 0.4) is 0 Å². The largest absolute Gasteiger partial charge is 0.476 e. The smallest absolute Gasteiger partial charge is 0.358 e. The van der Waals surface area contributed by atoms with Gasteiger partial charge in [0.2, 0.25) is 0 Å². The van der Waals surface area contributed by atoms with Crippen LogP contribution in [0.5, 0.6) is 0 Å². The second-order valence-electron chi connectivity index (χ2n) is 3.27. The highest BCUT2D eigenvalue weighted by Crippen LogP contribution is 2.20. The highest BCUT2D eigenvalue weighted by molar-refractivity contribution is 5.84. The van der Waals surface area contributed by atoms with Gasteiger partial charge < -0.3 is 14.6 Å². The van der Waals surface area contributed by atoms with Crippen LogP contribution < -0.4 is 0 Å². The first kappa shape index (κ1) is 10.1. The molecule has 0 saturated carbocycles. The average molecular weight is 213 g/mol. The number of nitrogens with zero attached hydrogens (tertiary/aromatic N) is 3. The van der Waals surface area contributed by atoms with Gasteiger partial charge in [0.25, 0.3) is 0 Å². The van der Waals surface area contributed by atoms with Crippen molar-refractivity contribution < 1.29 is 19.4 Å². The van der Waals surface area contributed by atoms with Crippen LogP contribution in [0.4, 0.5) is 0 Å². The summed E-state index contributed by atoms with van der Waals surface area (Å²) in [6, 6.07) is -0.101.